The third-order valence-corrected chi connectivity index (χ3v) is 2.83. The zero-order valence-corrected chi connectivity index (χ0v) is 11.2. The molecule has 0 saturated heterocycles. The van der Waals surface area contributed by atoms with E-state index >= 15 is 0 Å². The molecule has 0 radical (unpaired) electrons. The summed E-state index contributed by atoms with van der Waals surface area (Å²) in [6.07, 6.45) is 1.62. The van der Waals surface area contributed by atoms with Gasteiger partial charge in [-0.2, -0.15) is 0 Å². The molecule has 2 N–H and O–H groups in total. The maximum Gasteiger partial charge on any atom is 0.213 e. The summed E-state index contributed by atoms with van der Waals surface area (Å²) in [6, 6.07) is 10.0. The van der Waals surface area contributed by atoms with Crippen LogP contribution in [-0.2, 0) is 0 Å². The van der Waals surface area contributed by atoms with E-state index in [9.17, 15) is 4.39 Å². The molecule has 20 heavy (non-hydrogen) atoms. The number of rotatable bonds is 6. The molecule has 0 spiro atoms. The molecule has 0 aliphatic carbocycles. The number of anilines is 1. The van der Waals surface area contributed by atoms with Gasteiger partial charge in [-0.3, -0.25) is 0 Å². The first-order valence-corrected chi connectivity index (χ1v) is 6.41. The number of hydrogen-bond acceptors (Lipinski definition) is 4. The minimum absolute atomic E-state index is 0.0496. The first kappa shape index (κ1) is 14.3. The fourth-order valence-electron chi connectivity index (χ4n) is 1.86. The normalized spacial score (nSPS) is 11.9. The zero-order valence-electron chi connectivity index (χ0n) is 11.2. The van der Waals surface area contributed by atoms with Crippen molar-refractivity contribution in [1.29, 1.82) is 0 Å². The Balaban J connectivity index is 2.01. The number of hydrogen-bond donors (Lipinski definition) is 2. The lowest BCUT2D eigenvalue weighted by molar-refractivity contribution is 0.196. The molecule has 0 fully saturated rings. The zero-order chi connectivity index (χ0) is 14.4. The molecular formula is C15H17FN2O2. The summed E-state index contributed by atoms with van der Waals surface area (Å²) in [6.45, 7) is 2.05. The number of pyridine rings is 1. The molecule has 0 amide bonds. The number of aromatic nitrogens is 1. The summed E-state index contributed by atoms with van der Waals surface area (Å²) in [5, 5.41) is 11.8. The highest BCUT2D eigenvalue weighted by atomic mass is 19.1. The Morgan fingerprint density at radius 1 is 1.30 bits per heavy atom. The Morgan fingerprint density at radius 2 is 2.10 bits per heavy atom. The van der Waals surface area contributed by atoms with Gasteiger partial charge in [0.1, 0.15) is 12.4 Å². The number of aliphatic hydroxyl groups is 1. The predicted molar refractivity (Wildman–Crippen MR) is 75.3 cm³/mol. The molecule has 0 saturated carbocycles. The van der Waals surface area contributed by atoms with Gasteiger partial charge in [0.15, 0.2) is 0 Å². The van der Waals surface area contributed by atoms with Crippen molar-refractivity contribution in [2.24, 2.45) is 0 Å². The molecular weight excluding hydrogens is 259 g/mol. The Hall–Kier alpha value is -2.14. The fourth-order valence-corrected chi connectivity index (χ4v) is 1.86. The van der Waals surface area contributed by atoms with Crippen LogP contribution in [0, 0.1) is 5.82 Å². The van der Waals surface area contributed by atoms with Crippen molar-refractivity contribution < 1.29 is 14.2 Å². The van der Waals surface area contributed by atoms with E-state index in [0.29, 0.717) is 11.4 Å². The highest BCUT2D eigenvalue weighted by Crippen LogP contribution is 2.21. The second kappa shape index (κ2) is 6.86. The number of nitrogens with one attached hydrogen (secondary N) is 1. The molecule has 5 heteroatoms. The maximum absolute atomic E-state index is 13.6. The SMILES string of the molecule is C[C@H](Nc1ccc(OCCO)nc1)c1ccccc1F. The minimum Gasteiger partial charge on any atom is -0.475 e. The highest BCUT2D eigenvalue weighted by molar-refractivity contribution is 5.44. The molecule has 1 heterocycles. The molecule has 1 aromatic carbocycles. The molecule has 0 aliphatic rings. The van der Waals surface area contributed by atoms with Crippen LogP contribution in [0.25, 0.3) is 0 Å². The van der Waals surface area contributed by atoms with Gasteiger partial charge in [0.05, 0.1) is 24.5 Å². The molecule has 2 aromatic rings. The minimum atomic E-state index is -0.233. The first-order chi connectivity index (χ1) is 9.70. The van der Waals surface area contributed by atoms with Crippen molar-refractivity contribution in [2.45, 2.75) is 13.0 Å². The lowest BCUT2D eigenvalue weighted by Gasteiger charge is -2.16. The lowest BCUT2D eigenvalue weighted by Crippen LogP contribution is -2.09. The molecule has 2 rings (SSSR count). The second-order valence-corrected chi connectivity index (χ2v) is 4.34. The van der Waals surface area contributed by atoms with Crippen molar-refractivity contribution >= 4 is 5.69 Å². The quantitative estimate of drug-likeness (QED) is 0.852. The summed E-state index contributed by atoms with van der Waals surface area (Å²) in [5.74, 6) is 0.214. The highest BCUT2D eigenvalue weighted by Gasteiger charge is 2.10. The van der Waals surface area contributed by atoms with Crippen LogP contribution in [0.1, 0.15) is 18.5 Å². The summed E-state index contributed by atoms with van der Waals surface area (Å²) in [5.41, 5.74) is 1.38. The van der Waals surface area contributed by atoms with Gasteiger partial charge in [-0.25, -0.2) is 9.37 Å². The standard InChI is InChI=1S/C15H17FN2O2/c1-11(13-4-2-3-5-14(13)16)18-12-6-7-15(17-10-12)20-9-8-19/h2-7,10-11,18-19H,8-9H2,1H3/t11-/m0/s1. The fraction of sp³-hybridized carbons (Fsp3) is 0.267. The molecule has 106 valence electrons. The van der Waals surface area contributed by atoms with Gasteiger partial charge < -0.3 is 15.2 Å². The number of aliphatic hydroxyl groups excluding tert-OH is 1. The largest absolute Gasteiger partial charge is 0.475 e. The monoisotopic (exact) mass is 276 g/mol. The predicted octanol–water partition coefficient (Wildman–Crippen LogP) is 2.76. The average Bonchev–Trinajstić information content (AvgIpc) is 2.47. The number of halogens is 1. The third kappa shape index (κ3) is 3.68. The second-order valence-electron chi connectivity index (χ2n) is 4.34. The van der Waals surface area contributed by atoms with E-state index in [1.165, 1.54) is 6.07 Å². The van der Waals surface area contributed by atoms with Crippen LogP contribution in [0.3, 0.4) is 0 Å². The van der Waals surface area contributed by atoms with Crippen molar-refractivity contribution in [2.75, 3.05) is 18.5 Å². The van der Waals surface area contributed by atoms with E-state index in [2.05, 4.69) is 10.3 Å². The van der Waals surface area contributed by atoms with E-state index in [4.69, 9.17) is 9.84 Å². The van der Waals surface area contributed by atoms with E-state index in [1.807, 2.05) is 6.92 Å². The molecule has 0 unspecified atom stereocenters. The molecule has 0 aliphatic heterocycles. The van der Waals surface area contributed by atoms with E-state index in [0.717, 1.165) is 5.69 Å². The molecule has 1 aromatic heterocycles. The average molecular weight is 276 g/mol. The van der Waals surface area contributed by atoms with Crippen molar-refractivity contribution in [3.8, 4) is 5.88 Å². The van der Waals surface area contributed by atoms with Crippen LogP contribution in [0.4, 0.5) is 10.1 Å². The maximum atomic E-state index is 13.6. The van der Waals surface area contributed by atoms with Gasteiger partial charge in [0, 0.05) is 11.6 Å². The smallest absolute Gasteiger partial charge is 0.213 e. The lowest BCUT2D eigenvalue weighted by atomic mass is 10.1. The number of ether oxygens (including phenoxy) is 1. The van der Waals surface area contributed by atoms with Crippen molar-refractivity contribution in [3.63, 3.8) is 0 Å². The third-order valence-electron chi connectivity index (χ3n) is 2.83. The van der Waals surface area contributed by atoms with E-state index in [-0.39, 0.29) is 25.1 Å². The van der Waals surface area contributed by atoms with Crippen LogP contribution >= 0.6 is 0 Å². The van der Waals surface area contributed by atoms with Crippen molar-refractivity contribution in [3.05, 3.63) is 54.0 Å². The van der Waals surface area contributed by atoms with E-state index in [1.54, 1.807) is 36.5 Å². The summed E-state index contributed by atoms with van der Waals surface area (Å²) >= 11 is 0. The van der Waals surface area contributed by atoms with Gasteiger partial charge in [-0.15, -0.1) is 0 Å². The number of benzene rings is 1. The topological polar surface area (TPSA) is 54.4 Å². The summed E-state index contributed by atoms with van der Waals surface area (Å²) in [7, 11) is 0. The Morgan fingerprint density at radius 3 is 2.75 bits per heavy atom. The van der Waals surface area contributed by atoms with Gasteiger partial charge in [0.2, 0.25) is 5.88 Å². The first-order valence-electron chi connectivity index (χ1n) is 6.41. The molecule has 4 nitrogen and oxygen atoms in total. The van der Waals surface area contributed by atoms with E-state index < -0.39 is 0 Å². The van der Waals surface area contributed by atoms with Crippen LogP contribution in [-0.4, -0.2) is 23.3 Å². The van der Waals surface area contributed by atoms with Crippen molar-refractivity contribution in [1.82, 2.24) is 4.98 Å². The van der Waals surface area contributed by atoms with Gasteiger partial charge in [-0.05, 0) is 19.1 Å². The van der Waals surface area contributed by atoms with Gasteiger partial charge in [0.25, 0.3) is 0 Å². The summed E-state index contributed by atoms with van der Waals surface area (Å²) in [4.78, 5) is 4.10. The number of nitrogens with zero attached hydrogens (tertiary/aromatic N) is 1. The molecule has 1 atom stereocenters. The van der Waals surface area contributed by atoms with Crippen LogP contribution in [0.5, 0.6) is 5.88 Å². The Bertz CT molecular complexity index is 546. The Kier molecular flexibility index (Phi) is 4.90. The molecule has 0 bridgehead atoms. The van der Waals surface area contributed by atoms with Crippen LogP contribution < -0.4 is 10.1 Å². The van der Waals surface area contributed by atoms with Gasteiger partial charge in [-0.1, -0.05) is 18.2 Å². The van der Waals surface area contributed by atoms with Gasteiger partial charge >= 0.3 is 0 Å². The summed E-state index contributed by atoms with van der Waals surface area (Å²) < 4.78 is 18.8. The Labute approximate surface area is 117 Å². The van der Waals surface area contributed by atoms with Crippen LogP contribution in [0.15, 0.2) is 42.6 Å². The van der Waals surface area contributed by atoms with Crippen LogP contribution in [0.2, 0.25) is 0 Å².